The van der Waals surface area contributed by atoms with Crippen molar-refractivity contribution in [2.75, 3.05) is 5.43 Å². The van der Waals surface area contributed by atoms with Gasteiger partial charge in [0.1, 0.15) is 0 Å². The van der Waals surface area contributed by atoms with Gasteiger partial charge in [-0.25, -0.2) is 0 Å². The van der Waals surface area contributed by atoms with Crippen LogP contribution in [-0.2, 0) is 0 Å². The highest BCUT2D eigenvalue weighted by Crippen LogP contribution is 2.13. The molecule has 0 fully saturated rings. The maximum atomic E-state index is 10.7. The molecule has 0 aromatic heterocycles. The SMILES string of the molecule is O=N/C(=N/Nc1ccc(Cl)cc1)c1ccccc1. The molecule has 2 aromatic rings. The second-order valence-electron chi connectivity index (χ2n) is 3.51. The van der Waals surface area contributed by atoms with Crippen LogP contribution in [0.1, 0.15) is 5.56 Å². The lowest BCUT2D eigenvalue weighted by Gasteiger charge is -2.01. The van der Waals surface area contributed by atoms with Crippen molar-refractivity contribution in [2.24, 2.45) is 10.3 Å². The van der Waals surface area contributed by atoms with Crippen LogP contribution < -0.4 is 5.43 Å². The fourth-order valence-electron chi connectivity index (χ4n) is 1.37. The van der Waals surface area contributed by atoms with E-state index in [2.05, 4.69) is 15.7 Å². The molecule has 0 saturated heterocycles. The van der Waals surface area contributed by atoms with Gasteiger partial charge in [-0.3, -0.25) is 5.43 Å². The number of hydrogen-bond acceptors (Lipinski definition) is 3. The van der Waals surface area contributed by atoms with E-state index in [1.807, 2.05) is 18.2 Å². The zero-order valence-corrected chi connectivity index (χ0v) is 10.1. The summed E-state index contributed by atoms with van der Waals surface area (Å²) in [7, 11) is 0. The van der Waals surface area contributed by atoms with Crippen LogP contribution in [0.4, 0.5) is 5.69 Å². The molecule has 90 valence electrons. The van der Waals surface area contributed by atoms with Crippen molar-refractivity contribution in [1.29, 1.82) is 0 Å². The van der Waals surface area contributed by atoms with Gasteiger partial charge in [0.2, 0.25) is 5.84 Å². The molecule has 2 aromatic carbocycles. The highest BCUT2D eigenvalue weighted by atomic mass is 35.5. The van der Waals surface area contributed by atoms with E-state index in [0.29, 0.717) is 10.6 Å². The molecule has 0 spiro atoms. The predicted molar refractivity (Wildman–Crippen MR) is 73.8 cm³/mol. The molecule has 0 aliphatic rings. The van der Waals surface area contributed by atoms with E-state index in [1.165, 1.54) is 0 Å². The van der Waals surface area contributed by atoms with Crippen LogP contribution in [0.5, 0.6) is 0 Å². The molecule has 2 rings (SSSR count). The predicted octanol–water partition coefficient (Wildman–Crippen LogP) is 3.88. The quantitative estimate of drug-likeness (QED) is 0.394. The van der Waals surface area contributed by atoms with Gasteiger partial charge < -0.3 is 0 Å². The fraction of sp³-hybridized carbons (Fsp3) is 0. The summed E-state index contributed by atoms with van der Waals surface area (Å²) in [4.78, 5) is 10.7. The van der Waals surface area contributed by atoms with Gasteiger partial charge in [0.05, 0.1) is 5.69 Å². The highest BCUT2D eigenvalue weighted by molar-refractivity contribution is 6.30. The first-order valence-electron chi connectivity index (χ1n) is 5.27. The molecule has 0 amide bonds. The number of nitroso groups, excluding NO2 is 1. The molecular formula is C13H10ClN3O. The number of rotatable bonds is 3. The summed E-state index contributed by atoms with van der Waals surface area (Å²) in [5, 5.41) is 7.50. The first-order valence-corrected chi connectivity index (χ1v) is 5.65. The number of amidine groups is 1. The number of nitrogens with zero attached hydrogens (tertiary/aromatic N) is 2. The van der Waals surface area contributed by atoms with E-state index >= 15 is 0 Å². The summed E-state index contributed by atoms with van der Waals surface area (Å²) in [6.45, 7) is 0. The van der Waals surface area contributed by atoms with Crippen LogP contribution in [0.3, 0.4) is 0 Å². The van der Waals surface area contributed by atoms with Gasteiger partial charge >= 0.3 is 0 Å². The maximum absolute atomic E-state index is 10.7. The third-order valence-electron chi connectivity index (χ3n) is 2.25. The largest absolute Gasteiger partial charge is 0.276 e. The highest BCUT2D eigenvalue weighted by Gasteiger charge is 2.02. The van der Waals surface area contributed by atoms with E-state index in [0.717, 1.165) is 5.69 Å². The van der Waals surface area contributed by atoms with Gasteiger partial charge in [-0.1, -0.05) is 41.9 Å². The van der Waals surface area contributed by atoms with Crippen molar-refractivity contribution in [3.8, 4) is 0 Å². The minimum Gasteiger partial charge on any atom is -0.276 e. The van der Waals surface area contributed by atoms with Crippen molar-refractivity contribution in [1.82, 2.24) is 0 Å². The van der Waals surface area contributed by atoms with Gasteiger partial charge in [-0.15, -0.1) is 4.91 Å². The van der Waals surface area contributed by atoms with Gasteiger partial charge in [0.25, 0.3) is 0 Å². The van der Waals surface area contributed by atoms with Gasteiger partial charge in [-0.2, -0.15) is 5.10 Å². The standard InChI is InChI=1S/C13H10ClN3O/c14-11-6-8-12(9-7-11)15-16-13(17-18)10-4-2-1-3-5-10/h1-9,15H/b16-13+. The van der Waals surface area contributed by atoms with E-state index in [9.17, 15) is 4.91 Å². The number of nitrogens with one attached hydrogen (secondary N) is 1. The Morgan fingerprint density at radius 1 is 1.00 bits per heavy atom. The third-order valence-corrected chi connectivity index (χ3v) is 2.51. The van der Waals surface area contributed by atoms with Gasteiger partial charge in [-0.05, 0) is 29.4 Å². The molecule has 0 unspecified atom stereocenters. The maximum Gasteiger partial charge on any atom is 0.222 e. The second kappa shape index (κ2) is 5.93. The Bertz CT molecular complexity index is 552. The number of hydrazone groups is 1. The lowest BCUT2D eigenvalue weighted by Crippen LogP contribution is -2.00. The fourth-order valence-corrected chi connectivity index (χ4v) is 1.49. The molecule has 18 heavy (non-hydrogen) atoms. The first-order chi connectivity index (χ1) is 8.79. The van der Waals surface area contributed by atoms with Crippen LogP contribution in [0, 0.1) is 4.91 Å². The van der Waals surface area contributed by atoms with Crippen LogP contribution in [-0.4, -0.2) is 5.84 Å². The Balaban J connectivity index is 2.16. The number of hydrogen-bond donors (Lipinski definition) is 1. The molecule has 0 saturated carbocycles. The van der Waals surface area contributed by atoms with Crippen LogP contribution in [0.25, 0.3) is 0 Å². The third kappa shape index (κ3) is 3.15. The summed E-state index contributed by atoms with van der Waals surface area (Å²) < 4.78 is 0. The normalized spacial score (nSPS) is 11.1. The van der Waals surface area contributed by atoms with Crippen LogP contribution in [0.2, 0.25) is 5.02 Å². The van der Waals surface area contributed by atoms with E-state index in [4.69, 9.17) is 11.6 Å². The van der Waals surface area contributed by atoms with Crippen molar-refractivity contribution in [3.05, 3.63) is 70.1 Å². The molecule has 0 heterocycles. The number of halogens is 1. The van der Waals surface area contributed by atoms with Crippen molar-refractivity contribution in [2.45, 2.75) is 0 Å². The molecule has 0 aliphatic heterocycles. The Kier molecular flexibility index (Phi) is 4.04. The van der Waals surface area contributed by atoms with E-state index < -0.39 is 0 Å². The number of anilines is 1. The molecule has 1 N–H and O–H groups in total. The van der Waals surface area contributed by atoms with Gasteiger partial charge in [0, 0.05) is 10.6 Å². The minimum atomic E-state index is 0.102. The minimum absolute atomic E-state index is 0.102. The van der Waals surface area contributed by atoms with Crippen molar-refractivity contribution >= 4 is 23.1 Å². The molecular weight excluding hydrogens is 250 g/mol. The topological polar surface area (TPSA) is 53.8 Å². The number of benzene rings is 2. The molecule has 0 atom stereocenters. The second-order valence-corrected chi connectivity index (χ2v) is 3.95. The van der Waals surface area contributed by atoms with Gasteiger partial charge in [0.15, 0.2) is 0 Å². The van der Waals surface area contributed by atoms with E-state index in [-0.39, 0.29) is 5.84 Å². The van der Waals surface area contributed by atoms with Crippen LogP contribution >= 0.6 is 11.6 Å². The Hall–Kier alpha value is -2.20. The molecule has 0 aliphatic carbocycles. The lowest BCUT2D eigenvalue weighted by atomic mass is 10.2. The average Bonchev–Trinajstić information content (AvgIpc) is 2.43. The Morgan fingerprint density at radius 3 is 2.28 bits per heavy atom. The summed E-state index contributed by atoms with van der Waals surface area (Å²) in [6, 6.07) is 16.0. The van der Waals surface area contributed by atoms with Crippen LogP contribution in [0.15, 0.2) is 64.9 Å². The average molecular weight is 260 g/mol. The van der Waals surface area contributed by atoms with Crippen molar-refractivity contribution in [3.63, 3.8) is 0 Å². The first kappa shape index (κ1) is 12.3. The Morgan fingerprint density at radius 2 is 1.67 bits per heavy atom. The summed E-state index contributed by atoms with van der Waals surface area (Å²) in [5.41, 5.74) is 4.15. The van der Waals surface area contributed by atoms with E-state index in [1.54, 1.807) is 36.4 Å². The molecule has 5 heteroatoms. The zero-order valence-electron chi connectivity index (χ0n) is 9.38. The summed E-state index contributed by atoms with van der Waals surface area (Å²) in [5.74, 6) is 0.102. The zero-order chi connectivity index (χ0) is 12.8. The molecule has 4 nitrogen and oxygen atoms in total. The molecule has 0 radical (unpaired) electrons. The summed E-state index contributed by atoms with van der Waals surface area (Å²) in [6.07, 6.45) is 0. The Labute approximate surface area is 109 Å². The van der Waals surface area contributed by atoms with Crippen molar-refractivity contribution < 1.29 is 0 Å². The summed E-state index contributed by atoms with van der Waals surface area (Å²) >= 11 is 5.77. The lowest BCUT2D eigenvalue weighted by molar-refractivity contribution is 1.30. The molecule has 0 bridgehead atoms. The monoisotopic (exact) mass is 259 g/mol. The smallest absolute Gasteiger partial charge is 0.222 e.